The van der Waals surface area contributed by atoms with E-state index in [9.17, 15) is 4.79 Å². The molecule has 1 amide bonds. The summed E-state index contributed by atoms with van der Waals surface area (Å²) in [5.74, 6) is 0.628. The number of hydrogen-bond acceptors (Lipinski definition) is 4. The van der Waals surface area contributed by atoms with Crippen LogP contribution in [0.25, 0.3) is 0 Å². The Kier molecular flexibility index (Phi) is 5.45. The highest BCUT2D eigenvalue weighted by Gasteiger charge is 2.27. The van der Waals surface area contributed by atoms with Crippen LogP contribution in [0.1, 0.15) is 43.1 Å². The van der Waals surface area contributed by atoms with Crippen LogP contribution in [0, 0.1) is 0 Å². The Morgan fingerprint density at radius 2 is 2.08 bits per heavy atom. The maximum absolute atomic E-state index is 12.8. The lowest BCUT2D eigenvalue weighted by Crippen LogP contribution is -2.43. The van der Waals surface area contributed by atoms with Crippen LogP contribution < -0.4 is 5.32 Å². The van der Waals surface area contributed by atoms with E-state index in [1.165, 1.54) is 12.7 Å². The fraction of sp³-hybridized carbons (Fsp3) is 0.389. The van der Waals surface area contributed by atoms with Crippen molar-refractivity contribution in [3.05, 3.63) is 46.8 Å². The van der Waals surface area contributed by atoms with Gasteiger partial charge < -0.3 is 10.2 Å². The van der Waals surface area contributed by atoms with E-state index < -0.39 is 0 Å². The Bertz CT molecular complexity index is 704. The number of hydrogen-bond donors (Lipinski definition) is 1. The van der Waals surface area contributed by atoms with E-state index in [-0.39, 0.29) is 5.91 Å². The van der Waals surface area contributed by atoms with Crippen molar-refractivity contribution in [1.82, 2.24) is 14.9 Å². The van der Waals surface area contributed by atoms with Gasteiger partial charge in [-0.05, 0) is 49.9 Å². The molecule has 2 aromatic rings. The lowest BCUT2D eigenvalue weighted by molar-refractivity contribution is 0.0602. The number of benzene rings is 1. The molecule has 1 aliphatic rings. The molecule has 0 aliphatic carbocycles. The topological polar surface area (TPSA) is 58.1 Å². The molecular weight excluding hydrogens is 368 g/mol. The average Bonchev–Trinajstić information content (AvgIpc) is 2.63. The standard InChI is InChI=1S/C18H21BrN4O/c1-2-15-5-3-4-10-23(15)18(24)16-11-17(21-12-20-16)22-14-8-6-13(19)7-9-14/h6-9,11-12,15H,2-5,10H2,1H3,(H,20,21,22). The third-order valence-electron chi connectivity index (χ3n) is 4.36. The van der Waals surface area contributed by atoms with Gasteiger partial charge in [-0.1, -0.05) is 22.9 Å². The van der Waals surface area contributed by atoms with Gasteiger partial charge in [0.15, 0.2) is 0 Å². The summed E-state index contributed by atoms with van der Waals surface area (Å²) in [6.07, 6.45) is 5.78. The molecule has 1 unspecified atom stereocenters. The first-order valence-corrected chi connectivity index (χ1v) is 9.12. The number of likely N-dealkylation sites (tertiary alicyclic amines) is 1. The Labute approximate surface area is 150 Å². The van der Waals surface area contributed by atoms with Gasteiger partial charge in [0, 0.05) is 28.8 Å². The summed E-state index contributed by atoms with van der Waals surface area (Å²) in [6, 6.07) is 9.86. The third-order valence-corrected chi connectivity index (χ3v) is 4.89. The quantitative estimate of drug-likeness (QED) is 0.843. The smallest absolute Gasteiger partial charge is 0.272 e. The maximum atomic E-state index is 12.8. The minimum Gasteiger partial charge on any atom is -0.340 e. The van der Waals surface area contributed by atoms with Gasteiger partial charge in [0.2, 0.25) is 0 Å². The second-order valence-corrected chi connectivity index (χ2v) is 6.89. The first kappa shape index (κ1) is 16.9. The van der Waals surface area contributed by atoms with Crippen molar-refractivity contribution < 1.29 is 4.79 Å². The van der Waals surface area contributed by atoms with Gasteiger partial charge in [-0.25, -0.2) is 9.97 Å². The molecular formula is C18H21BrN4O. The monoisotopic (exact) mass is 388 g/mol. The molecule has 1 aromatic carbocycles. The predicted molar refractivity (Wildman–Crippen MR) is 98.4 cm³/mol. The van der Waals surface area contributed by atoms with Crippen molar-refractivity contribution in [3.63, 3.8) is 0 Å². The number of halogens is 1. The Morgan fingerprint density at radius 3 is 2.83 bits per heavy atom. The predicted octanol–water partition coefficient (Wildman–Crippen LogP) is 4.39. The average molecular weight is 389 g/mol. The molecule has 0 saturated carbocycles. The highest BCUT2D eigenvalue weighted by molar-refractivity contribution is 9.10. The number of anilines is 2. The van der Waals surface area contributed by atoms with Crippen LogP contribution in [0.4, 0.5) is 11.5 Å². The highest BCUT2D eigenvalue weighted by Crippen LogP contribution is 2.22. The zero-order valence-electron chi connectivity index (χ0n) is 13.7. The Morgan fingerprint density at radius 1 is 1.29 bits per heavy atom. The van der Waals surface area contributed by atoms with E-state index in [1.54, 1.807) is 6.07 Å². The summed E-state index contributed by atoms with van der Waals surface area (Å²) >= 11 is 3.41. The summed E-state index contributed by atoms with van der Waals surface area (Å²) in [7, 11) is 0. The molecule has 0 spiro atoms. The summed E-state index contributed by atoms with van der Waals surface area (Å²) in [5, 5.41) is 3.21. The van der Waals surface area contributed by atoms with Crippen LogP contribution in [0.15, 0.2) is 41.1 Å². The molecule has 2 heterocycles. The van der Waals surface area contributed by atoms with Gasteiger partial charge in [-0.2, -0.15) is 0 Å². The molecule has 6 heteroatoms. The largest absolute Gasteiger partial charge is 0.340 e. The molecule has 1 fully saturated rings. The molecule has 5 nitrogen and oxygen atoms in total. The van der Waals surface area contributed by atoms with Gasteiger partial charge in [0.25, 0.3) is 5.91 Å². The fourth-order valence-electron chi connectivity index (χ4n) is 3.06. The van der Waals surface area contributed by atoms with E-state index in [1.807, 2.05) is 29.2 Å². The number of nitrogens with one attached hydrogen (secondary N) is 1. The van der Waals surface area contributed by atoms with Gasteiger partial charge in [-0.3, -0.25) is 4.79 Å². The zero-order chi connectivity index (χ0) is 16.9. The van der Waals surface area contributed by atoms with Crippen molar-refractivity contribution >= 4 is 33.3 Å². The van der Waals surface area contributed by atoms with E-state index in [0.29, 0.717) is 17.6 Å². The van der Waals surface area contributed by atoms with Crippen LogP contribution in [0.2, 0.25) is 0 Å². The minimum atomic E-state index is 0.00260. The molecule has 24 heavy (non-hydrogen) atoms. The van der Waals surface area contributed by atoms with E-state index in [4.69, 9.17) is 0 Å². The van der Waals surface area contributed by atoms with Crippen LogP contribution >= 0.6 is 15.9 Å². The van der Waals surface area contributed by atoms with Crippen LogP contribution in [-0.2, 0) is 0 Å². The van der Waals surface area contributed by atoms with E-state index >= 15 is 0 Å². The number of aromatic nitrogens is 2. The van der Waals surface area contributed by atoms with Crippen LogP contribution in [0.5, 0.6) is 0 Å². The lowest BCUT2D eigenvalue weighted by atomic mass is 9.99. The van der Waals surface area contributed by atoms with Gasteiger partial charge in [-0.15, -0.1) is 0 Å². The van der Waals surface area contributed by atoms with Crippen molar-refractivity contribution in [3.8, 4) is 0 Å². The summed E-state index contributed by atoms with van der Waals surface area (Å²) < 4.78 is 1.02. The zero-order valence-corrected chi connectivity index (χ0v) is 15.3. The molecule has 3 rings (SSSR count). The molecule has 1 N–H and O–H groups in total. The Hall–Kier alpha value is -1.95. The van der Waals surface area contributed by atoms with E-state index in [0.717, 1.165) is 36.0 Å². The number of piperidine rings is 1. The number of amides is 1. The van der Waals surface area contributed by atoms with Gasteiger partial charge in [0.1, 0.15) is 17.8 Å². The minimum absolute atomic E-state index is 0.00260. The number of carbonyl (C=O) groups excluding carboxylic acids is 1. The maximum Gasteiger partial charge on any atom is 0.272 e. The SMILES string of the molecule is CCC1CCCCN1C(=O)c1cc(Nc2ccc(Br)cc2)ncn1. The van der Waals surface area contributed by atoms with Crippen LogP contribution in [0.3, 0.4) is 0 Å². The lowest BCUT2D eigenvalue weighted by Gasteiger charge is -2.35. The summed E-state index contributed by atoms with van der Waals surface area (Å²) in [4.78, 5) is 23.2. The van der Waals surface area contributed by atoms with Crippen molar-refractivity contribution in [2.45, 2.75) is 38.6 Å². The van der Waals surface area contributed by atoms with Crippen LogP contribution in [-0.4, -0.2) is 33.4 Å². The molecule has 1 aliphatic heterocycles. The Balaban J connectivity index is 1.76. The molecule has 0 bridgehead atoms. The molecule has 1 aromatic heterocycles. The number of carbonyl (C=O) groups is 1. The summed E-state index contributed by atoms with van der Waals surface area (Å²) in [6.45, 7) is 2.95. The highest BCUT2D eigenvalue weighted by atomic mass is 79.9. The second-order valence-electron chi connectivity index (χ2n) is 5.98. The number of nitrogens with zero attached hydrogens (tertiary/aromatic N) is 3. The van der Waals surface area contributed by atoms with Crippen molar-refractivity contribution in [2.24, 2.45) is 0 Å². The van der Waals surface area contributed by atoms with Gasteiger partial charge >= 0.3 is 0 Å². The molecule has 1 atom stereocenters. The van der Waals surface area contributed by atoms with E-state index in [2.05, 4.69) is 38.1 Å². The molecule has 126 valence electrons. The first-order chi connectivity index (χ1) is 11.7. The molecule has 1 saturated heterocycles. The third kappa shape index (κ3) is 3.93. The second kappa shape index (κ2) is 7.75. The van der Waals surface area contributed by atoms with Crippen molar-refractivity contribution in [2.75, 3.05) is 11.9 Å². The molecule has 0 radical (unpaired) electrons. The normalized spacial score (nSPS) is 17.6. The fourth-order valence-corrected chi connectivity index (χ4v) is 3.33. The first-order valence-electron chi connectivity index (χ1n) is 8.33. The van der Waals surface area contributed by atoms with Gasteiger partial charge in [0.05, 0.1) is 0 Å². The number of rotatable bonds is 4. The van der Waals surface area contributed by atoms with Crippen molar-refractivity contribution in [1.29, 1.82) is 0 Å². The summed E-state index contributed by atoms with van der Waals surface area (Å²) in [5.41, 5.74) is 1.37.